The summed E-state index contributed by atoms with van der Waals surface area (Å²) in [6, 6.07) is 9.14. The Balaban J connectivity index is 1.72. The Bertz CT molecular complexity index is 1040. The minimum Gasteiger partial charge on any atom is -0.493 e. The molecule has 2 aromatic carbocycles. The number of thiocarbonyl (C=S) groups is 1. The molecule has 7 nitrogen and oxygen atoms in total. The molecule has 0 unspecified atom stereocenters. The number of carbonyl (C=O) groups excluding carboxylic acids is 2. The molecule has 1 saturated heterocycles. The molecule has 3 rings (SSSR count). The van der Waals surface area contributed by atoms with Crippen LogP contribution in [0.3, 0.4) is 0 Å². The summed E-state index contributed by atoms with van der Waals surface area (Å²) in [5.41, 5.74) is 2.49. The molecule has 1 heterocycles. The number of aryl methyl sites for hydroxylation is 2. The van der Waals surface area contributed by atoms with Gasteiger partial charge >= 0.3 is 0 Å². The van der Waals surface area contributed by atoms with Gasteiger partial charge in [0, 0.05) is 0 Å². The number of ether oxygens (including phenoxy) is 3. The van der Waals surface area contributed by atoms with Crippen LogP contribution in [0.1, 0.15) is 16.7 Å². The van der Waals surface area contributed by atoms with Gasteiger partial charge in [0.25, 0.3) is 11.8 Å². The molecule has 31 heavy (non-hydrogen) atoms. The van der Waals surface area contributed by atoms with Gasteiger partial charge in [-0.1, -0.05) is 29.8 Å². The van der Waals surface area contributed by atoms with Crippen LogP contribution in [0.15, 0.2) is 35.9 Å². The van der Waals surface area contributed by atoms with Crippen molar-refractivity contribution in [2.75, 3.05) is 20.3 Å². The van der Waals surface area contributed by atoms with Gasteiger partial charge in [-0.05, 0) is 61.0 Å². The first-order valence-corrected chi connectivity index (χ1v) is 10.2. The van der Waals surface area contributed by atoms with Crippen LogP contribution in [0, 0.1) is 13.8 Å². The van der Waals surface area contributed by atoms with Crippen LogP contribution in [-0.2, 0) is 9.59 Å². The van der Waals surface area contributed by atoms with Crippen LogP contribution in [-0.4, -0.2) is 37.3 Å². The molecule has 2 N–H and O–H groups in total. The minimum absolute atomic E-state index is 0.0328. The van der Waals surface area contributed by atoms with Crippen molar-refractivity contribution in [3.05, 3.63) is 57.6 Å². The zero-order chi connectivity index (χ0) is 22.5. The summed E-state index contributed by atoms with van der Waals surface area (Å²) in [4.78, 5) is 24.1. The maximum Gasteiger partial charge on any atom is 0.263 e. The van der Waals surface area contributed by atoms with Crippen LogP contribution in [0.2, 0.25) is 5.02 Å². The molecule has 2 aromatic rings. The van der Waals surface area contributed by atoms with Crippen molar-refractivity contribution in [2.24, 2.45) is 0 Å². The van der Waals surface area contributed by atoms with E-state index < -0.39 is 11.8 Å². The Labute approximate surface area is 190 Å². The molecule has 1 aliphatic heterocycles. The first-order chi connectivity index (χ1) is 14.8. The fourth-order valence-electron chi connectivity index (χ4n) is 3.05. The Morgan fingerprint density at radius 1 is 1.00 bits per heavy atom. The highest BCUT2D eigenvalue weighted by Crippen LogP contribution is 2.37. The number of nitrogens with one attached hydrogen (secondary N) is 2. The molecule has 1 fully saturated rings. The lowest BCUT2D eigenvalue weighted by Gasteiger charge is -2.17. The molecule has 9 heteroatoms. The highest BCUT2D eigenvalue weighted by Gasteiger charge is 2.26. The zero-order valence-electron chi connectivity index (χ0n) is 17.2. The molecule has 0 aliphatic carbocycles. The third kappa shape index (κ3) is 5.34. The number of hydrogen-bond donors (Lipinski definition) is 2. The molecular weight excluding hydrogens is 440 g/mol. The van der Waals surface area contributed by atoms with Crippen molar-refractivity contribution < 1.29 is 23.8 Å². The Hall–Kier alpha value is -3.10. The largest absolute Gasteiger partial charge is 0.493 e. The average Bonchev–Trinajstić information content (AvgIpc) is 2.70. The van der Waals surface area contributed by atoms with Crippen molar-refractivity contribution in [3.63, 3.8) is 0 Å². The Morgan fingerprint density at radius 2 is 1.58 bits per heavy atom. The second-order valence-electron chi connectivity index (χ2n) is 6.75. The molecule has 0 aromatic heterocycles. The smallest absolute Gasteiger partial charge is 0.263 e. The van der Waals surface area contributed by atoms with Gasteiger partial charge in [-0.2, -0.15) is 0 Å². The predicted molar refractivity (Wildman–Crippen MR) is 122 cm³/mol. The quantitative estimate of drug-likeness (QED) is 0.285. The van der Waals surface area contributed by atoms with Crippen LogP contribution in [0.25, 0.3) is 6.08 Å². The zero-order valence-corrected chi connectivity index (χ0v) is 18.8. The number of para-hydroxylation sites is 1. The normalized spacial score (nSPS) is 13.4. The van der Waals surface area contributed by atoms with E-state index in [1.165, 1.54) is 13.2 Å². The number of rotatable bonds is 7. The highest BCUT2D eigenvalue weighted by atomic mass is 35.5. The van der Waals surface area contributed by atoms with E-state index in [0.717, 1.165) is 16.9 Å². The van der Waals surface area contributed by atoms with Crippen LogP contribution in [0.4, 0.5) is 0 Å². The first kappa shape index (κ1) is 22.6. The number of benzene rings is 2. The van der Waals surface area contributed by atoms with Crippen molar-refractivity contribution in [1.82, 2.24) is 10.6 Å². The van der Waals surface area contributed by atoms with Gasteiger partial charge in [0.1, 0.15) is 24.5 Å². The third-order valence-electron chi connectivity index (χ3n) is 4.49. The van der Waals surface area contributed by atoms with E-state index in [1.807, 2.05) is 32.0 Å². The van der Waals surface area contributed by atoms with Crippen molar-refractivity contribution in [1.29, 1.82) is 0 Å². The van der Waals surface area contributed by atoms with Gasteiger partial charge < -0.3 is 14.2 Å². The summed E-state index contributed by atoms with van der Waals surface area (Å²) in [5.74, 6) is 0.351. The van der Waals surface area contributed by atoms with E-state index in [9.17, 15) is 9.59 Å². The lowest BCUT2D eigenvalue weighted by atomic mass is 10.1. The predicted octanol–water partition coefficient (Wildman–Crippen LogP) is 3.34. The summed E-state index contributed by atoms with van der Waals surface area (Å²) in [5, 5.41) is 5.00. The second kappa shape index (κ2) is 9.80. The summed E-state index contributed by atoms with van der Waals surface area (Å²) in [7, 11) is 1.47. The molecule has 0 saturated carbocycles. The first-order valence-electron chi connectivity index (χ1n) is 9.38. The van der Waals surface area contributed by atoms with Crippen molar-refractivity contribution >= 4 is 46.8 Å². The van der Waals surface area contributed by atoms with Gasteiger partial charge in [0.2, 0.25) is 0 Å². The number of methoxy groups -OCH3 is 1. The summed E-state index contributed by atoms with van der Waals surface area (Å²) < 4.78 is 17.0. The van der Waals surface area contributed by atoms with Crippen molar-refractivity contribution in [3.8, 4) is 17.2 Å². The Kier molecular flexibility index (Phi) is 7.14. The second-order valence-corrected chi connectivity index (χ2v) is 7.56. The van der Waals surface area contributed by atoms with Crippen LogP contribution >= 0.6 is 23.8 Å². The molecule has 1 aliphatic rings. The van der Waals surface area contributed by atoms with E-state index in [-0.39, 0.29) is 22.3 Å². The van der Waals surface area contributed by atoms with Gasteiger partial charge in [-0.25, -0.2) is 0 Å². The van der Waals surface area contributed by atoms with Crippen molar-refractivity contribution in [2.45, 2.75) is 13.8 Å². The van der Waals surface area contributed by atoms with E-state index in [0.29, 0.717) is 23.7 Å². The lowest BCUT2D eigenvalue weighted by Crippen LogP contribution is -2.51. The molecule has 162 valence electrons. The summed E-state index contributed by atoms with van der Waals surface area (Å²) in [6.45, 7) is 4.52. The molecule has 0 atom stereocenters. The monoisotopic (exact) mass is 460 g/mol. The highest BCUT2D eigenvalue weighted by molar-refractivity contribution is 7.80. The molecule has 2 amide bonds. The molecule has 0 bridgehead atoms. The topological polar surface area (TPSA) is 85.9 Å². The van der Waals surface area contributed by atoms with Gasteiger partial charge in [0.15, 0.2) is 16.6 Å². The maximum atomic E-state index is 12.0. The van der Waals surface area contributed by atoms with E-state index in [4.69, 9.17) is 38.0 Å². The molecule has 0 radical (unpaired) electrons. The SMILES string of the molecule is COc1cc(C=C2C(=O)NC(=S)NC2=O)cc(Cl)c1OCCOc1c(C)cccc1C. The van der Waals surface area contributed by atoms with Crippen LogP contribution < -0.4 is 24.8 Å². The van der Waals surface area contributed by atoms with E-state index in [1.54, 1.807) is 12.1 Å². The maximum absolute atomic E-state index is 12.0. The number of carbonyl (C=O) groups is 2. The lowest BCUT2D eigenvalue weighted by molar-refractivity contribution is -0.123. The summed E-state index contributed by atoms with van der Waals surface area (Å²) >= 11 is 11.2. The van der Waals surface area contributed by atoms with Gasteiger partial charge in [-0.3, -0.25) is 20.2 Å². The minimum atomic E-state index is -0.590. The van der Waals surface area contributed by atoms with E-state index in [2.05, 4.69) is 10.6 Å². The van der Waals surface area contributed by atoms with Gasteiger partial charge in [0.05, 0.1) is 12.1 Å². The number of hydrogen-bond acceptors (Lipinski definition) is 6. The van der Waals surface area contributed by atoms with Gasteiger partial charge in [-0.15, -0.1) is 0 Å². The standard InChI is InChI=1S/C22H21ClN2O5S/c1-12-5-4-6-13(2)18(12)29-7-8-30-19-16(23)10-14(11-17(19)28-3)9-15-20(26)24-22(31)25-21(15)27/h4-6,9-11H,7-8H2,1-3H3,(H2,24,25,26,27,31). The Morgan fingerprint density at radius 3 is 2.16 bits per heavy atom. The third-order valence-corrected chi connectivity index (χ3v) is 4.98. The molecule has 0 spiro atoms. The fraction of sp³-hybridized carbons (Fsp3) is 0.227. The molecular formula is C22H21ClN2O5S. The fourth-order valence-corrected chi connectivity index (χ4v) is 3.51. The average molecular weight is 461 g/mol. The number of halogens is 1. The van der Waals surface area contributed by atoms with Crippen LogP contribution in [0.5, 0.6) is 17.2 Å². The van der Waals surface area contributed by atoms with E-state index >= 15 is 0 Å². The summed E-state index contributed by atoms with van der Waals surface area (Å²) in [6.07, 6.45) is 1.40. The number of amides is 2.